The number of ether oxygens (including phenoxy) is 1. The summed E-state index contributed by atoms with van der Waals surface area (Å²) < 4.78 is 5.66. The van der Waals surface area contributed by atoms with Crippen molar-refractivity contribution in [1.82, 2.24) is 10.2 Å². The molecule has 5 heteroatoms. The highest BCUT2D eigenvalue weighted by Crippen LogP contribution is 2.21. The average molecular weight is 346 g/mol. The minimum absolute atomic E-state index is 0.0259. The number of para-hydroxylation sites is 1. The Balaban J connectivity index is 1.76. The summed E-state index contributed by atoms with van der Waals surface area (Å²) in [6, 6.07) is 7.89. The van der Waals surface area contributed by atoms with Gasteiger partial charge >= 0.3 is 0 Å². The lowest BCUT2D eigenvalue weighted by molar-refractivity contribution is -0.140. The number of rotatable bonds is 5. The van der Waals surface area contributed by atoms with Crippen LogP contribution in [0.2, 0.25) is 0 Å². The van der Waals surface area contributed by atoms with Crippen LogP contribution in [-0.2, 0) is 16.0 Å². The van der Waals surface area contributed by atoms with E-state index in [0.29, 0.717) is 13.1 Å². The molecule has 138 valence electrons. The van der Waals surface area contributed by atoms with Crippen LogP contribution in [-0.4, -0.2) is 42.5 Å². The van der Waals surface area contributed by atoms with Gasteiger partial charge in [0.05, 0.1) is 0 Å². The molecule has 1 N–H and O–H groups in total. The molecule has 1 saturated heterocycles. The second kappa shape index (κ2) is 8.37. The average Bonchev–Trinajstić information content (AvgIpc) is 2.59. The number of benzene rings is 1. The highest BCUT2D eigenvalue weighted by Gasteiger charge is 2.30. The Morgan fingerprint density at radius 2 is 1.84 bits per heavy atom. The summed E-state index contributed by atoms with van der Waals surface area (Å²) >= 11 is 0. The number of hydrogen-bond donors (Lipinski definition) is 1. The van der Waals surface area contributed by atoms with E-state index in [1.54, 1.807) is 0 Å². The number of hydrogen-bond acceptors (Lipinski definition) is 3. The molecule has 0 atom stereocenters. The second-order valence-electron chi connectivity index (χ2n) is 7.63. The molecule has 1 heterocycles. The van der Waals surface area contributed by atoms with Crippen molar-refractivity contribution in [2.45, 2.75) is 53.0 Å². The third kappa shape index (κ3) is 5.48. The number of likely N-dealkylation sites (tertiary alicyclic amines) is 1. The van der Waals surface area contributed by atoms with E-state index in [0.717, 1.165) is 30.6 Å². The summed E-state index contributed by atoms with van der Waals surface area (Å²) in [5.41, 5.74) is 0.751. The second-order valence-corrected chi connectivity index (χ2v) is 7.63. The molecule has 1 aromatic carbocycles. The van der Waals surface area contributed by atoms with Gasteiger partial charge in [-0.2, -0.15) is 0 Å². The van der Waals surface area contributed by atoms with Crippen LogP contribution in [0.5, 0.6) is 5.75 Å². The van der Waals surface area contributed by atoms with Gasteiger partial charge in [-0.15, -0.1) is 0 Å². The van der Waals surface area contributed by atoms with Gasteiger partial charge in [-0.05, 0) is 30.9 Å². The molecule has 2 rings (SSSR count). The molecule has 25 heavy (non-hydrogen) atoms. The quantitative estimate of drug-likeness (QED) is 0.892. The number of nitrogens with one attached hydrogen (secondary N) is 1. The number of carbonyl (C=O) groups is 2. The monoisotopic (exact) mass is 346 g/mol. The molecule has 2 amide bonds. The molecule has 1 aliphatic heterocycles. The first-order valence-electron chi connectivity index (χ1n) is 9.10. The zero-order chi connectivity index (χ0) is 18.4. The number of carbonyl (C=O) groups excluding carboxylic acids is 2. The van der Waals surface area contributed by atoms with E-state index >= 15 is 0 Å². The summed E-state index contributed by atoms with van der Waals surface area (Å²) in [6.07, 6.45) is 2.45. The molecule has 0 aliphatic carbocycles. The first-order chi connectivity index (χ1) is 11.8. The Morgan fingerprint density at radius 1 is 1.20 bits per heavy atom. The van der Waals surface area contributed by atoms with Crippen molar-refractivity contribution < 1.29 is 14.3 Å². The first-order valence-corrected chi connectivity index (χ1v) is 9.10. The predicted octanol–water partition coefficient (Wildman–Crippen LogP) is 2.78. The molecular weight excluding hydrogens is 316 g/mol. The van der Waals surface area contributed by atoms with Crippen LogP contribution < -0.4 is 10.1 Å². The maximum Gasteiger partial charge on any atom is 0.258 e. The van der Waals surface area contributed by atoms with E-state index < -0.39 is 0 Å². The minimum Gasteiger partial charge on any atom is -0.483 e. The third-order valence-corrected chi connectivity index (χ3v) is 4.50. The zero-order valence-corrected chi connectivity index (χ0v) is 15.8. The normalized spacial score (nSPS) is 15.8. The Kier molecular flexibility index (Phi) is 6.45. The molecule has 1 fully saturated rings. The summed E-state index contributed by atoms with van der Waals surface area (Å²) in [6.45, 7) is 9.30. The highest BCUT2D eigenvalue weighted by molar-refractivity contribution is 5.81. The lowest BCUT2D eigenvalue weighted by Gasteiger charge is -2.36. The summed E-state index contributed by atoms with van der Waals surface area (Å²) in [7, 11) is 0. The lowest BCUT2D eigenvalue weighted by Crippen LogP contribution is -2.49. The van der Waals surface area contributed by atoms with Gasteiger partial charge in [-0.25, -0.2) is 0 Å². The van der Waals surface area contributed by atoms with Crippen LogP contribution >= 0.6 is 0 Å². The fraction of sp³-hybridized carbons (Fsp3) is 0.600. The SMILES string of the molecule is CCc1ccccc1OCC(=O)NC1CCN(C(=O)C(C)(C)C)CC1. The molecule has 5 nitrogen and oxygen atoms in total. The number of nitrogens with zero attached hydrogens (tertiary/aromatic N) is 1. The van der Waals surface area contributed by atoms with Gasteiger partial charge in [0.2, 0.25) is 5.91 Å². The van der Waals surface area contributed by atoms with E-state index in [9.17, 15) is 9.59 Å². The van der Waals surface area contributed by atoms with Crippen molar-refractivity contribution in [2.24, 2.45) is 5.41 Å². The largest absolute Gasteiger partial charge is 0.483 e. The fourth-order valence-corrected chi connectivity index (χ4v) is 3.05. The van der Waals surface area contributed by atoms with Crippen molar-refractivity contribution in [1.29, 1.82) is 0 Å². The van der Waals surface area contributed by atoms with Crippen molar-refractivity contribution in [3.8, 4) is 5.75 Å². The van der Waals surface area contributed by atoms with Crippen LogP contribution in [0.25, 0.3) is 0 Å². The van der Waals surface area contributed by atoms with Crippen LogP contribution in [0.3, 0.4) is 0 Å². The predicted molar refractivity (Wildman–Crippen MR) is 98.5 cm³/mol. The van der Waals surface area contributed by atoms with E-state index in [1.807, 2.05) is 49.9 Å². The highest BCUT2D eigenvalue weighted by atomic mass is 16.5. The van der Waals surface area contributed by atoms with Crippen molar-refractivity contribution in [3.05, 3.63) is 29.8 Å². The van der Waals surface area contributed by atoms with E-state index in [-0.39, 0.29) is 29.9 Å². The van der Waals surface area contributed by atoms with Gasteiger partial charge in [0.15, 0.2) is 6.61 Å². The molecule has 0 aromatic heterocycles. The molecular formula is C20H30N2O3. The van der Waals surface area contributed by atoms with Crippen LogP contribution in [0, 0.1) is 5.41 Å². The Morgan fingerprint density at radius 3 is 2.44 bits per heavy atom. The molecule has 0 unspecified atom stereocenters. The molecule has 0 saturated carbocycles. The van der Waals surface area contributed by atoms with E-state index in [2.05, 4.69) is 12.2 Å². The van der Waals surface area contributed by atoms with Gasteiger partial charge in [0.25, 0.3) is 5.91 Å². The maximum absolute atomic E-state index is 12.3. The third-order valence-electron chi connectivity index (χ3n) is 4.50. The molecule has 0 radical (unpaired) electrons. The topological polar surface area (TPSA) is 58.6 Å². The molecule has 0 bridgehead atoms. The van der Waals surface area contributed by atoms with Crippen molar-refractivity contribution in [3.63, 3.8) is 0 Å². The standard InChI is InChI=1S/C20H30N2O3/c1-5-15-8-6-7-9-17(15)25-14-18(23)21-16-10-12-22(13-11-16)19(24)20(2,3)4/h6-9,16H,5,10-14H2,1-4H3,(H,21,23). The number of amides is 2. The van der Waals surface area contributed by atoms with Crippen LogP contribution in [0.4, 0.5) is 0 Å². The van der Waals surface area contributed by atoms with Crippen LogP contribution in [0.1, 0.15) is 46.1 Å². The van der Waals surface area contributed by atoms with E-state index in [1.165, 1.54) is 0 Å². The van der Waals surface area contributed by atoms with Gasteiger partial charge in [0.1, 0.15) is 5.75 Å². The Bertz CT molecular complexity index is 599. The number of piperidine rings is 1. The van der Waals surface area contributed by atoms with Crippen LogP contribution in [0.15, 0.2) is 24.3 Å². The Hall–Kier alpha value is -2.04. The summed E-state index contributed by atoms with van der Waals surface area (Å²) in [4.78, 5) is 26.3. The van der Waals surface area contributed by atoms with Gasteiger partial charge < -0.3 is 15.0 Å². The summed E-state index contributed by atoms with van der Waals surface area (Å²) in [5.74, 6) is 0.842. The lowest BCUT2D eigenvalue weighted by atomic mass is 9.93. The maximum atomic E-state index is 12.3. The minimum atomic E-state index is -0.351. The van der Waals surface area contributed by atoms with Crippen molar-refractivity contribution >= 4 is 11.8 Å². The molecule has 0 spiro atoms. The van der Waals surface area contributed by atoms with Gasteiger partial charge in [-0.3, -0.25) is 9.59 Å². The Labute approximate surface area is 150 Å². The zero-order valence-electron chi connectivity index (χ0n) is 15.8. The summed E-state index contributed by atoms with van der Waals surface area (Å²) in [5, 5.41) is 3.02. The fourth-order valence-electron chi connectivity index (χ4n) is 3.05. The van der Waals surface area contributed by atoms with E-state index in [4.69, 9.17) is 4.74 Å². The first kappa shape index (κ1) is 19.3. The molecule has 1 aromatic rings. The van der Waals surface area contributed by atoms with Crippen molar-refractivity contribution in [2.75, 3.05) is 19.7 Å². The smallest absolute Gasteiger partial charge is 0.258 e. The van der Waals surface area contributed by atoms with Gasteiger partial charge in [0, 0.05) is 24.5 Å². The number of aryl methyl sites for hydroxylation is 1. The van der Waals surface area contributed by atoms with Gasteiger partial charge in [-0.1, -0.05) is 45.9 Å². The molecule has 1 aliphatic rings.